The van der Waals surface area contributed by atoms with Crippen molar-refractivity contribution < 1.29 is 8.78 Å². The molecule has 1 aromatic rings. The SMILES string of the molecule is N#CC(NC1CCCC1)c1cc(F)cc(F)c1. The summed E-state index contributed by atoms with van der Waals surface area (Å²) in [6, 6.07) is 4.93. The molecule has 0 aliphatic heterocycles. The Hall–Kier alpha value is -1.47. The van der Waals surface area contributed by atoms with Crippen LogP contribution in [0.5, 0.6) is 0 Å². The van der Waals surface area contributed by atoms with Crippen LogP contribution < -0.4 is 5.32 Å². The highest BCUT2D eigenvalue weighted by Crippen LogP contribution is 2.22. The van der Waals surface area contributed by atoms with Gasteiger partial charge in [0.25, 0.3) is 0 Å². The third-order valence-corrected chi connectivity index (χ3v) is 3.10. The van der Waals surface area contributed by atoms with Crippen LogP contribution in [0, 0.1) is 23.0 Å². The Labute approximate surface area is 99.3 Å². The molecule has 1 fully saturated rings. The summed E-state index contributed by atoms with van der Waals surface area (Å²) in [6.45, 7) is 0. The molecule has 0 heterocycles. The van der Waals surface area contributed by atoms with Crippen LogP contribution in [-0.2, 0) is 0 Å². The zero-order valence-electron chi connectivity index (χ0n) is 9.42. The molecule has 1 aromatic carbocycles. The van der Waals surface area contributed by atoms with Crippen molar-refractivity contribution in [1.82, 2.24) is 5.32 Å². The summed E-state index contributed by atoms with van der Waals surface area (Å²) < 4.78 is 26.1. The van der Waals surface area contributed by atoms with Crippen LogP contribution in [0.15, 0.2) is 18.2 Å². The maximum absolute atomic E-state index is 13.1. The molecule has 90 valence electrons. The molecule has 0 spiro atoms. The molecule has 2 rings (SSSR count). The van der Waals surface area contributed by atoms with Gasteiger partial charge in [-0.15, -0.1) is 0 Å². The molecule has 1 unspecified atom stereocenters. The molecular weight excluding hydrogens is 222 g/mol. The average molecular weight is 236 g/mol. The average Bonchev–Trinajstić information content (AvgIpc) is 2.77. The number of halogens is 2. The van der Waals surface area contributed by atoms with Gasteiger partial charge in [0, 0.05) is 12.1 Å². The van der Waals surface area contributed by atoms with Crippen molar-refractivity contribution in [2.75, 3.05) is 0 Å². The van der Waals surface area contributed by atoms with E-state index in [0.717, 1.165) is 31.7 Å². The van der Waals surface area contributed by atoms with E-state index < -0.39 is 17.7 Å². The summed E-state index contributed by atoms with van der Waals surface area (Å²) >= 11 is 0. The Kier molecular flexibility index (Phi) is 3.70. The molecule has 1 saturated carbocycles. The summed E-state index contributed by atoms with van der Waals surface area (Å²) in [5.41, 5.74) is 0.358. The van der Waals surface area contributed by atoms with E-state index in [-0.39, 0.29) is 6.04 Å². The molecule has 2 nitrogen and oxygen atoms in total. The van der Waals surface area contributed by atoms with Crippen molar-refractivity contribution in [3.8, 4) is 6.07 Å². The molecule has 0 saturated heterocycles. The molecule has 17 heavy (non-hydrogen) atoms. The summed E-state index contributed by atoms with van der Waals surface area (Å²) in [7, 11) is 0. The number of hydrogen-bond acceptors (Lipinski definition) is 2. The van der Waals surface area contributed by atoms with E-state index >= 15 is 0 Å². The van der Waals surface area contributed by atoms with Gasteiger partial charge in [0.05, 0.1) is 6.07 Å². The van der Waals surface area contributed by atoms with Gasteiger partial charge in [-0.05, 0) is 30.5 Å². The second kappa shape index (κ2) is 5.24. The lowest BCUT2D eigenvalue weighted by Crippen LogP contribution is -2.29. The van der Waals surface area contributed by atoms with Crippen LogP contribution in [0.1, 0.15) is 37.3 Å². The predicted molar refractivity (Wildman–Crippen MR) is 60.1 cm³/mol. The van der Waals surface area contributed by atoms with Gasteiger partial charge in [-0.3, -0.25) is 5.32 Å². The number of benzene rings is 1. The summed E-state index contributed by atoms with van der Waals surface area (Å²) in [5.74, 6) is -1.29. The minimum Gasteiger partial charge on any atom is -0.295 e. The fraction of sp³-hybridized carbons (Fsp3) is 0.462. The maximum atomic E-state index is 13.1. The van der Waals surface area contributed by atoms with Crippen molar-refractivity contribution in [2.24, 2.45) is 0 Å². The fourth-order valence-corrected chi connectivity index (χ4v) is 2.28. The highest BCUT2D eigenvalue weighted by molar-refractivity contribution is 5.26. The van der Waals surface area contributed by atoms with Crippen molar-refractivity contribution >= 4 is 0 Å². The number of hydrogen-bond donors (Lipinski definition) is 1. The number of nitrogens with one attached hydrogen (secondary N) is 1. The van der Waals surface area contributed by atoms with E-state index in [4.69, 9.17) is 5.26 Å². The number of nitrogens with zero attached hydrogens (tertiary/aromatic N) is 1. The smallest absolute Gasteiger partial charge is 0.126 e. The Balaban J connectivity index is 2.14. The van der Waals surface area contributed by atoms with Gasteiger partial charge in [0.15, 0.2) is 0 Å². The Morgan fingerprint density at radius 1 is 1.18 bits per heavy atom. The van der Waals surface area contributed by atoms with Crippen molar-refractivity contribution in [3.05, 3.63) is 35.4 Å². The van der Waals surface area contributed by atoms with Crippen LogP contribution >= 0.6 is 0 Å². The minimum atomic E-state index is -0.645. The van der Waals surface area contributed by atoms with Crippen LogP contribution in [0.3, 0.4) is 0 Å². The van der Waals surface area contributed by atoms with Crippen LogP contribution in [0.4, 0.5) is 8.78 Å². The van der Waals surface area contributed by atoms with E-state index in [9.17, 15) is 8.78 Å². The zero-order chi connectivity index (χ0) is 12.3. The molecule has 0 bridgehead atoms. The highest BCUT2D eigenvalue weighted by atomic mass is 19.1. The number of nitriles is 1. The van der Waals surface area contributed by atoms with Gasteiger partial charge < -0.3 is 0 Å². The molecule has 4 heteroatoms. The van der Waals surface area contributed by atoms with Crippen molar-refractivity contribution in [3.63, 3.8) is 0 Å². The van der Waals surface area contributed by atoms with Crippen LogP contribution in [0.2, 0.25) is 0 Å². The topological polar surface area (TPSA) is 35.8 Å². The van der Waals surface area contributed by atoms with Gasteiger partial charge in [-0.2, -0.15) is 5.26 Å². The second-order valence-electron chi connectivity index (χ2n) is 4.41. The van der Waals surface area contributed by atoms with Gasteiger partial charge in [0.2, 0.25) is 0 Å². The molecule has 1 atom stereocenters. The minimum absolute atomic E-state index is 0.283. The first-order valence-electron chi connectivity index (χ1n) is 5.80. The summed E-state index contributed by atoms with van der Waals surface area (Å²) in [6.07, 6.45) is 4.34. The molecule has 0 radical (unpaired) electrons. The molecule has 1 aliphatic rings. The monoisotopic (exact) mass is 236 g/mol. The van der Waals surface area contributed by atoms with E-state index in [1.165, 1.54) is 12.1 Å². The van der Waals surface area contributed by atoms with Crippen molar-refractivity contribution in [2.45, 2.75) is 37.8 Å². The van der Waals surface area contributed by atoms with E-state index in [1.807, 2.05) is 0 Å². The molecule has 1 N–H and O–H groups in total. The quantitative estimate of drug-likeness (QED) is 0.875. The third-order valence-electron chi connectivity index (χ3n) is 3.10. The third kappa shape index (κ3) is 3.01. The fourth-order valence-electron chi connectivity index (χ4n) is 2.28. The van der Waals surface area contributed by atoms with Gasteiger partial charge in [-0.25, -0.2) is 8.78 Å². The first-order valence-corrected chi connectivity index (χ1v) is 5.80. The lowest BCUT2D eigenvalue weighted by atomic mass is 10.1. The van der Waals surface area contributed by atoms with Crippen molar-refractivity contribution in [1.29, 1.82) is 5.26 Å². The molecule has 0 amide bonds. The van der Waals surface area contributed by atoms with Crippen LogP contribution in [-0.4, -0.2) is 6.04 Å². The first-order chi connectivity index (χ1) is 8.19. The maximum Gasteiger partial charge on any atom is 0.126 e. The summed E-state index contributed by atoms with van der Waals surface area (Å²) in [5, 5.41) is 12.2. The molecular formula is C13H14F2N2. The Morgan fingerprint density at radius 2 is 1.76 bits per heavy atom. The predicted octanol–water partition coefficient (Wildman–Crippen LogP) is 3.06. The number of rotatable bonds is 3. The van der Waals surface area contributed by atoms with Gasteiger partial charge >= 0.3 is 0 Å². The van der Waals surface area contributed by atoms with Gasteiger partial charge in [0.1, 0.15) is 17.7 Å². The summed E-state index contributed by atoms with van der Waals surface area (Å²) in [4.78, 5) is 0. The molecule has 1 aliphatic carbocycles. The van der Waals surface area contributed by atoms with Gasteiger partial charge in [-0.1, -0.05) is 12.8 Å². The lowest BCUT2D eigenvalue weighted by molar-refractivity contribution is 0.487. The lowest BCUT2D eigenvalue weighted by Gasteiger charge is -2.17. The van der Waals surface area contributed by atoms with E-state index in [1.54, 1.807) is 0 Å². The standard InChI is InChI=1S/C13H14F2N2/c14-10-5-9(6-11(15)7-10)13(8-16)17-12-3-1-2-4-12/h5-7,12-13,17H,1-4H2. The molecule has 0 aromatic heterocycles. The second-order valence-corrected chi connectivity index (χ2v) is 4.41. The highest BCUT2D eigenvalue weighted by Gasteiger charge is 2.20. The normalized spacial score (nSPS) is 17.9. The largest absolute Gasteiger partial charge is 0.295 e. The zero-order valence-corrected chi connectivity index (χ0v) is 9.42. The first kappa shape index (κ1) is 12.0. The van der Waals surface area contributed by atoms with Crippen LogP contribution in [0.25, 0.3) is 0 Å². The Bertz CT molecular complexity index is 413. The Morgan fingerprint density at radius 3 is 2.29 bits per heavy atom. The van der Waals surface area contributed by atoms with E-state index in [2.05, 4.69) is 11.4 Å². The van der Waals surface area contributed by atoms with E-state index in [0.29, 0.717) is 5.56 Å².